The van der Waals surface area contributed by atoms with Crippen molar-refractivity contribution < 1.29 is 9.84 Å². The highest BCUT2D eigenvalue weighted by Gasteiger charge is 2.34. The van der Waals surface area contributed by atoms with Crippen molar-refractivity contribution >= 4 is 0 Å². The molecular weight excluding hydrogens is 236 g/mol. The van der Waals surface area contributed by atoms with Crippen molar-refractivity contribution in [2.75, 3.05) is 6.61 Å². The molecule has 1 saturated heterocycles. The molecule has 0 bridgehead atoms. The van der Waals surface area contributed by atoms with Gasteiger partial charge in [0.1, 0.15) is 0 Å². The number of rotatable bonds is 4. The van der Waals surface area contributed by atoms with Gasteiger partial charge in [-0.2, -0.15) is 0 Å². The lowest BCUT2D eigenvalue weighted by molar-refractivity contribution is -0.104. The van der Waals surface area contributed by atoms with Crippen molar-refractivity contribution in [3.05, 3.63) is 34.9 Å². The lowest BCUT2D eigenvalue weighted by Crippen LogP contribution is -2.42. The van der Waals surface area contributed by atoms with Gasteiger partial charge >= 0.3 is 0 Å². The van der Waals surface area contributed by atoms with Crippen LogP contribution in [0.15, 0.2) is 18.2 Å². The lowest BCUT2D eigenvalue weighted by atomic mass is 9.83. The molecule has 1 aliphatic heterocycles. The Kier molecular flexibility index (Phi) is 4.64. The first-order valence-corrected chi connectivity index (χ1v) is 7.42. The zero-order valence-electron chi connectivity index (χ0n) is 12.4. The van der Waals surface area contributed by atoms with Crippen LogP contribution < -0.4 is 0 Å². The quantitative estimate of drug-likeness (QED) is 0.899. The third kappa shape index (κ3) is 4.05. The smallest absolute Gasteiger partial charge is 0.0734 e. The number of ether oxygens (including phenoxy) is 1. The predicted molar refractivity (Wildman–Crippen MR) is 78.5 cm³/mol. The molecule has 2 heteroatoms. The highest BCUT2D eigenvalue weighted by molar-refractivity contribution is 5.29. The zero-order valence-corrected chi connectivity index (χ0v) is 12.4. The average Bonchev–Trinajstić information content (AvgIpc) is 2.27. The molecule has 0 radical (unpaired) electrons. The van der Waals surface area contributed by atoms with Crippen LogP contribution in [0.1, 0.15) is 49.3 Å². The minimum Gasteiger partial charge on any atom is -0.389 e. The van der Waals surface area contributed by atoms with E-state index in [4.69, 9.17) is 4.74 Å². The third-order valence-electron chi connectivity index (χ3n) is 3.95. The minimum atomic E-state index is -0.585. The van der Waals surface area contributed by atoms with Gasteiger partial charge in [0.05, 0.1) is 11.7 Å². The van der Waals surface area contributed by atoms with Crippen LogP contribution in [-0.2, 0) is 11.2 Å². The molecule has 2 unspecified atom stereocenters. The third-order valence-corrected chi connectivity index (χ3v) is 3.95. The Morgan fingerprint density at radius 3 is 2.58 bits per heavy atom. The second-order valence-corrected chi connectivity index (χ2v) is 6.13. The van der Waals surface area contributed by atoms with Crippen LogP contribution >= 0.6 is 0 Å². The molecule has 2 rings (SSSR count). The van der Waals surface area contributed by atoms with Gasteiger partial charge in [-0.05, 0) is 32.3 Å². The van der Waals surface area contributed by atoms with E-state index < -0.39 is 5.60 Å². The summed E-state index contributed by atoms with van der Waals surface area (Å²) < 4.78 is 5.74. The second-order valence-electron chi connectivity index (χ2n) is 6.13. The number of aryl methyl sites for hydroxylation is 2. The van der Waals surface area contributed by atoms with Crippen LogP contribution in [0.4, 0.5) is 0 Å². The van der Waals surface area contributed by atoms with Gasteiger partial charge in [-0.1, -0.05) is 42.7 Å². The van der Waals surface area contributed by atoms with E-state index >= 15 is 0 Å². The van der Waals surface area contributed by atoms with Crippen LogP contribution in [0.25, 0.3) is 0 Å². The fraction of sp³-hybridized carbons (Fsp3) is 0.647. The Balaban J connectivity index is 2.07. The summed E-state index contributed by atoms with van der Waals surface area (Å²) in [7, 11) is 0. The highest BCUT2D eigenvalue weighted by atomic mass is 16.5. The van der Waals surface area contributed by atoms with Gasteiger partial charge in [0.15, 0.2) is 0 Å². The number of hydrogen-bond donors (Lipinski definition) is 1. The van der Waals surface area contributed by atoms with Gasteiger partial charge in [-0.25, -0.2) is 0 Å². The standard InChI is InChI=1S/C17H26O2/c1-4-5-16-12-17(18,6-7-19-16)11-15-9-13(2)8-14(3)10-15/h8-10,16,18H,4-7,11-12H2,1-3H3. The molecule has 1 heterocycles. The van der Waals surface area contributed by atoms with E-state index in [9.17, 15) is 5.11 Å². The van der Waals surface area contributed by atoms with E-state index in [1.807, 2.05) is 0 Å². The largest absolute Gasteiger partial charge is 0.389 e. The minimum absolute atomic E-state index is 0.231. The predicted octanol–water partition coefficient (Wildman–Crippen LogP) is 3.56. The molecular formula is C17H26O2. The van der Waals surface area contributed by atoms with Crippen LogP contribution in [-0.4, -0.2) is 23.4 Å². The monoisotopic (exact) mass is 262 g/mol. The first kappa shape index (κ1) is 14.5. The average molecular weight is 262 g/mol. The Labute approximate surface area is 116 Å². The van der Waals surface area contributed by atoms with E-state index in [1.54, 1.807) is 0 Å². The zero-order chi connectivity index (χ0) is 13.9. The molecule has 0 amide bonds. The van der Waals surface area contributed by atoms with E-state index in [1.165, 1.54) is 16.7 Å². The lowest BCUT2D eigenvalue weighted by Gasteiger charge is -2.37. The van der Waals surface area contributed by atoms with Gasteiger partial charge in [0, 0.05) is 19.4 Å². The number of hydrogen-bond acceptors (Lipinski definition) is 2. The summed E-state index contributed by atoms with van der Waals surface area (Å²) in [4.78, 5) is 0. The van der Waals surface area contributed by atoms with Crippen LogP contribution in [0.5, 0.6) is 0 Å². The van der Waals surface area contributed by atoms with Gasteiger partial charge in [-0.15, -0.1) is 0 Å². The fourth-order valence-corrected chi connectivity index (χ4v) is 3.22. The number of aliphatic hydroxyl groups is 1. The molecule has 2 atom stereocenters. The SMILES string of the molecule is CCCC1CC(O)(Cc2cc(C)cc(C)c2)CCO1. The summed E-state index contributed by atoms with van der Waals surface area (Å²) in [6.45, 7) is 7.09. The molecule has 1 fully saturated rings. The van der Waals surface area contributed by atoms with Gasteiger partial charge in [0.25, 0.3) is 0 Å². The summed E-state index contributed by atoms with van der Waals surface area (Å²) in [5.74, 6) is 0. The summed E-state index contributed by atoms with van der Waals surface area (Å²) in [5.41, 5.74) is 3.21. The Morgan fingerprint density at radius 1 is 1.26 bits per heavy atom. The van der Waals surface area contributed by atoms with Crippen molar-refractivity contribution in [2.45, 2.75) is 64.6 Å². The first-order valence-electron chi connectivity index (χ1n) is 7.42. The molecule has 106 valence electrons. The van der Waals surface area contributed by atoms with E-state index in [-0.39, 0.29) is 6.10 Å². The molecule has 0 spiro atoms. The van der Waals surface area contributed by atoms with E-state index in [2.05, 4.69) is 39.0 Å². The van der Waals surface area contributed by atoms with Gasteiger partial charge < -0.3 is 9.84 Å². The van der Waals surface area contributed by atoms with Crippen LogP contribution in [0, 0.1) is 13.8 Å². The molecule has 2 nitrogen and oxygen atoms in total. The maximum Gasteiger partial charge on any atom is 0.0734 e. The van der Waals surface area contributed by atoms with Crippen molar-refractivity contribution in [3.63, 3.8) is 0 Å². The summed E-state index contributed by atoms with van der Waals surface area (Å²) in [5, 5.41) is 10.8. The molecule has 1 aromatic carbocycles. The highest BCUT2D eigenvalue weighted by Crippen LogP contribution is 2.30. The van der Waals surface area contributed by atoms with E-state index in [0.717, 1.165) is 32.1 Å². The van der Waals surface area contributed by atoms with Crippen molar-refractivity contribution in [3.8, 4) is 0 Å². The number of benzene rings is 1. The van der Waals surface area contributed by atoms with Crippen LogP contribution in [0.2, 0.25) is 0 Å². The van der Waals surface area contributed by atoms with E-state index in [0.29, 0.717) is 6.61 Å². The van der Waals surface area contributed by atoms with Gasteiger partial charge in [0.2, 0.25) is 0 Å². The fourth-order valence-electron chi connectivity index (χ4n) is 3.22. The first-order chi connectivity index (χ1) is 9.00. The maximum absolute atomic E-state index is 10.8. The van der Waals surface area contributed by atoms with Gasteiger partial charge in [-0.3, -0.25) is 0 Å². The molecule has 1 N–H and O–H groups in total. The summed E-state index contributed by atoms with van der Waals surface area (Å²) in [6.07, 6.45) is 4.67. The topological polar surface area (TPSA) is 29.5 Å². The van der Waals surface area contributed by atoms with Crippen molar-refractivity contribution in [1.29, 1.82) is 0 Å². The van der Waals surface area contributed by atoms with Crippen molar-refractivity contribution in [2.24, 2.45) is 0 Å². The normalized spacial score (nSPS) is 27.5. The Morgan fingerprint density at radius 2 is 1.95 bits per heavy atom. The molecule has 0 aliphatic carbocycles. The van der Waals surface area contributed by atoms with Crippen LogP contribution in [0.3, 0.4) is 0 Å². The molecule has 0 aromatic heterocycles. The Bertz CT molecular complexity index is 405. The maximum atomic E-state index is 10.8. The Hall–Kier alpha value is -0.860. The van der Waals surface area contributed by atoms with Crippen molar-refractivity contribution in [1.82, 2.24) is 0 Å². The molecule has 19 heavy (non-hydrogen) atoms. The molecule has 1 aliphatic rings. The molecule has 1 aromatic rings. The summed E-state index contributed by atoms with van der Waals surface area (Å²) >= 11 is 0. The summed E-state index contributed by atoms with van der Waals surface area (Å²) in [6, 6.07) is 6.56. The molecule has 0 saturated carbocycles. The second kappa shape index (κ2) is 6.06.